The number of carbonyl (C=O) groups excluding carboxylic acids is 1. The SMILES string of the molecule is NC(CSSC(C(=O)c1ccccc1)C(N)(O)C(=O)O)C(=O)O. The fourth-order valence-electron chi connectivity index (χ4n) is 1.43. The molecule has 8 nitrogen and oxygen atoms in total. The summed E-state index contributed by atoms with van der Waals surface area (Å²) in [7, 11) is 1.53. The fraction of sp³-hybridized carbons (Fsp3) is 0.308. The van der Waals surface area contributed by atoms with Crippen molar-refractivity contribution in [2.24, 2.45) is 11.5 Å². The second kappa shape index (κ2) is 8.31. The van der Waals surface area contributed by atoms with Gasteiger partial charge in [0, 0.05) is 11.3 Å². The molecule has 0 aliphatic rings. The van der Waals surface area contributed by atoms with Crippen LogP contribution in [0.3, 0.4) is 0 Å². The zero-order valence-electron chi connectivity index (χ0n) is 11.8. The molecule has 23 heavy (non-hydrogen) atoms. The van der Waals surface area contributed by atoms with Crippen LogP contribution < -0.4 is 11.5 Å². The lowest BCUT2D eigenvalue weighted by atomic mass is 10.0. The minimum Gasteiger partial charge on any atom is -0.480 e. The van der Waals surface area contributed by atoms with E-state index in [2.05, 4.69) is 0 Å². The number of nitrogens with two attached hydrogens (primary N) is 2. The molecule has 0 radical (unpaired) electrons. The molecule has 0 fully saturated rings. The molecule has 126 valence electrons. The highest BCUT2D eigenvalue weighted by Crippen LogP contribution is 2.34. The molecular weight excluding hydrogens is 344 g/mol. The van der Waals surface area contributed by atoms with Crippen molar-refractivity contribution in [3.05, 3.63) is 35.9 Å². The lowest BCUT2D eigenvalue weighted by Crippen LogP contribution is -2.58. The van der Waals surface area contributed by atoms with E-state index in [1.165, 1.54) is 12.1 Å². The van der Waals surface area contributed by atoms with Gasteiger partial charge >= 0.3 is 11.9 Å². The third kappa shape index (κ3) is 5.22. The highest BCUT2D eigenvalue weighted by atomic mass is 33.1. The molecule has 0 amide bonds. The number of aliphatic hydroxyl groups is 1. The third-order valence-corrected chi connectivity index (χ3v) is 5.56. The summed E-state index contributed by atoms with van der Waals surface area (Å²) < 4.78 is 0. The monoisotopic (exact) mass is 360 g/mol. The van der Waals surface area contributed by atoms with E-state index in [0.717, 1.165) is 10.8 Å². The van der Waals surface area contributed by atoms with Crippen LogP contribution in [0.2, 0.25) is 0 Å². The van der Waals surface area contributed by atoms with Gasteiger partial charge in [0.1, 0.15) is 11.3 Å². The number of benzene rings is 1. The van der Waals surface area contributed by atoms with Crippen molar-refractivity contribution < 1.29 is 29.7 Å². The van der Waals surface area contributed by atoms with Crippen LogP contribution in [0.4, 0.5) is 0 Å². The van der Waals surface area contributed by atoms with Gasteiger partial charge in [-0.1, -0.05) is 51.9 Å². The molecule has 3 unspecified atom stereocenters. The summed E-state index contributed by atoms with van der Waals surface area (Å²) >= 11 is 0. The van der Waals surface area contributed by atoms with Crippen molar-refractivity contribution in [3.63, 3.8) is 0 Å². The predicted octanol–water partition coefficient (Wildman–Crippen LogP) is -0.237. The van der Waals surface area contributed by atoms with Crippen LogP contribution in [-0.2, 0) is 9.59 Å². The van der Waals surface area contributed by atoms with E-state index in [1.54, 1.807) is 18.2 Å². The molecule has 0 heterocycles. The molecule has 1 rings (SSSR count). The molecule has 3 atom stereocenters. The zero-order valence-corrected chi connectivity index (χ0v) is 13.4. The van der Waals surface area contributed by atoms with Gasteiger partial charge in [0.2, 0.25) is 5.72 Å². The van der Waals surface area contributed by atoms with E-state index in [4.69, 9.17) is 21.7 Å². The number of ketones is 1. The number of Topliss-reactive ketones (excluding diaryl/α,β-unsaturated/α-hetero) is 1. The van der Waals surface area contributed by atoms with Gasteiger partial charge in [0.15, 0.2) is 5.78 Å². The Labute approximate surface area is 139 Å². The number of aliphatic carboxylic acids is 2. The predicted molar refractivity (Wildman–Crippen MR) is 87.0 cm³/mol. The quantitative estimate of drug-likeness (QED) is 0.225. The Kier molecular flexibility index (Phi) is 7.03. The average molecular weight is 360 g/mol. The molecule has 1 aromatic rings. The Bertz CT molecular complexity index is 581. The number of hydrogen-bond acceptors (Lipinski definition) is 8. The maximum absolute atomic E-state index is 12.4. The third-order valence-electron chi connectivity index (χ3n) is 2.77. The molecule has 10 heteroatoms. The maximum Gasteiger partial charge on any atom is 0.352 e. The van der Waals surface area contributed by atoms with Gasteiger partial charge in [-0.05, 0) is 0 Å². The van der Waals surface area contributed by atoms with Crippen LogP contribution in [0.25, 0.3) is 0 Å². The summed E-state index contributed by atoms with van der Waals surface area (Å²) in [5.74, 6) is -3.76. The number of hydrogen-bond donors (Lipinski definition) is 5. The van der Waals surface area contributed by atoms with Crippen LogP contribution in [-0.4, -0.2) is 55.8 Å². The Morgan fingerprint density at radius 2 is 1.74 bits per heavy atom. The van der Waals surface area contributed by atoms with Crippen molar-refractivity contribution in [3.8, 4) is 0 Å². The van der Waals surface area contributed by atoms with Crippen molar-refractivity contribution in [1.82, 2.24) is 0 Å². The lowest BCUT2D eigenvalue weighted by molar-refractivity contribution is -0.156. The average Bonchev–Trinajstić information content (AvgIpc) is 2.51. The maximum atomic E-state index is 12.4. The topological polar surface area (TPSA) is 164 Å². The van der Waals surface area contributed by atoms with Crippen LogP contribution in [0.5, 0.6) is 0 Å². The normalized spacial score (nSPS) is 16.1. The van der Waals surface area contributed by atoms with Crippen molar-refractivity contribution in [1.29, 1.82) is 0 Å². The van der Waals surface area contributed by atoms with Gasteiger partial charge in [0.25, 0.3) is 0 Å². The second-order valence-electron chi connectivity index (χ2n) is 4.57. The van der Waals surface area contributed by atoms with Gasteiger partial charge in [-0.25, -0.2) is 4.79 Å². The molecule has 0 saturated heterocycles. The molecule has 7 N–H and O–H groups in total. The van der Waals surface area contributed by atoms with Crippen molar-refractivity contribution >= 4 is 39.3 Å². The summed E-state index contributed by atoms with van der Waals surface area (Å²) in [5, 5.41) is 26.1. The van der Waals surface area contributed by atoms with Crippen molar-refractivity contribution in [2.45, 2.75) is 17.0 Å². The van der Waals surface area contributed by atoms with Gasteiger partial charge in [-0.3, -0.25) is 15.3 Å². The summed E-state index contributed by atoms with van der Waals surface area (Å²) in [6, 6.07) is 6.57. The minimum atomic E-state index is -2.81. The Morgan fingerprint density at radius 1 is 1.17 bits per heavy atom. The van der Waals surface area contributed by atoms with Gasteiger partial charge in [-0.15, -0.1) is 0 Å². The number of carbonyl (C=O) groups is 3. The van der Waals surface area contributed by atoms with Crippen LogP contribution in [0, 0.1) is 0 Å². The van der Waals surface area contributed by atoms with E-state index in [1.807, 2.05) is 0 Å². The number of carboxylic acid groups (broad SMARTS) is 2. The minimum absolute atomic E-state index is 0.0890. The molecular formula is C13H16N2O6S2. The molecule has 0 bridgehead atoms. The standard InChI is InChI=1S/C13H16N2O6S2/c14-8(11(17)18)6-22-23-10(13(15,21)12(19)20)9(16)7-4-2-1-3-5-7/h1-5,8,10,21H,6,14-15H2,(H,17,18)(H,19,20). The summed E-state index contributed by atoms with van der Waals surface area (Å²) in [4.78, 5) is 34.2. The molecule has 0 aliphatic carbocycles. The number of carboxylic acids is 2. The summed E-state index contributed by atoms with van der Waals surface area (Å²) in [5.41, 5.74) is 8.07. The highest BCUT2D eigenvalue weighted by molar-refractivity contribution is 8.77. The largest absolute Gasteiger partial charge is 0.480 e. The Balaban J connectivity index is 2.93. The van der Waals surface area contributed by atoms with E-state index in [-0.39, 0.29) is 11.3 Å². The van der Waals surface area contributed by atoms with Crippen LogP contribution in [0.1, 0.15) is 10.4 Å². The van der Waals surface area contributed by atoms with Gasteiger partial charge in [0.05, 0.1) is 0 Å². The molecule has 0 spiro atoms. The second-order valence-corrected chi connectivity index (χ2v) is 7.08. The van der Waals surface area contributed by atoms with Crippen LogP contribution in [0.15, 0.2) is 30.3 Å². The zero-order chi connectivity index (χ0) is 17.6. The highest BCUT2D eigenvalue weighted by Gasteiger charge is 2.46. The first-order valence-corrected chi connectivity index (χ1v) is 8.66. The summed E-state index contributed by atoms with van der Waals surface area (Å²) in [6.45, 7) is 0. The van der Waals surface area contributed by atoms with E-state index in [9.17, 15) is 19.5 Å². The summed E-state index contributed by atoms with van der Waals surface area (Å²) in [6.07, 6.45) is 0. The molecule has 0 aliphatic heterocycles. The van der Waals surface area contributed by atoms with Gasteiger partial charge in [-0.2, -0.15) is 0 Å². The van der Waals surface area contributed by atoms with Crippen molar-refractivity contribution in [2.75, 3.05) is 5.75 Å². The first-order valence-electron chi connectivity index (χ1n) is 6.28. The Hall–Kier alpha value is -1.59. The molecule has 0 aromatic heterocycles. The first kappa shape index (κ1) is 19.5. The molecule has 1 aromatic carbocycles. The fourth-order valence-corrected chi connectivity index (χ4v) is 4.20. The lowest BCUT2D eigenvalue weighted by Gasteiger charge is -2.26. The Morgan fingerprint density at radius 3 is 2.22 bits per heavy atom. The van der Waals surface area contributed by atoms with E-state index < -0.39 is 34.7 Å². The van der Waals surface area contributed by atoms with E-state index >= 15 is 0 Å². The van der Waals surface area contributed by atoms with Gasteiger partial charge < -0.3 is 21.1 Å². The molecule has 0 saturated carbocycles. The smallest absolute Gasteiger partial charge is 0.352 e. The number of rotatable bonds is 9. The van der Waals surface area contributed by atoms with Crippen LogP contribution >= 0.6 is 21.6 Å². The van der Waals surface area contributed by atoms with E-state index in [0.29, 0.717) is 10.8 Å². The first-order chi connectivity index (χ1) is 10.7.